The van der Waals surface area contributed by atoms with E-state index < -0.39 is 0 Å². The smallest absolute Gasteiger partial charge is 0.0533 e. The van der Waals surface area contributed by atoms with Crippen molar-refractivity contribution in [2.24, 2.45) is 0 Å². The van der Waals surface area contributed by atoms with E-state index >= 15 is 0 Å². The molecule has 0 aromatic heterocycles. The van der Waals surface area contributed by atoms with Crippen molar-refractivity contribution in [2.75, 3.05) is 0 Å². The Morgan fingerprint density at radius 2 is 0.781 bits per heavy atom. The van der Waals surface area contributed by atoms with Crippen molar-refractivity contribution in [2.45, 2.75) is 71.1 Å². The van der Waals surface area contributed by atoms with E-state index in [1.807, 2.05) is 91.0 Å². The molecular formula is C30H40AgBr-4. The van der Waals surface area contributed by atoms with Crippen molar-refractivity contribution in [3.63, 3.8) is 0 Å². The molecule has 0 amide bonds. The Morgan fingerprint density at radius 1 is 0.500 bits per heavy atom. The second-order valence-electron chi connectivity index (χ2n) is 6.91. The van der Waals surface area contributed by atoms with Crippen LogP contribution in [-0.2, 0) is 18.9 Å². The molecule has 3 aromatic rings. The van der Waals surface area contributed by atoms with Gasteiger partial charge in [-0.2, -0.15) is 116 Å². The molecule has 0 fully saturated rings. The molecule has 0 aliphatic heterocycles. The van der Waals surface area contributed by atoms with E-state index in [1.165, 1.54) is 57.8 Å². The van der Waals surface area contributed by atoms with Crippen molar-refractivity contribution in [3.8, 4) is 0 Å². The quantitative estimate of drug-likeness (QED) is 0.133. The second kappa shape index (κ2) is 34.5. The summed E-state index contributed by atoms with van der Waals surface area (Å²) in [5.41, 5.74) is 0. The molecule has 0 unspecified atom stereocenters. The van der Waals surface area contributed by atoms with Gasteiger partial charge in [0.1, 0.15) is 0 Å². The van der Waals surface area contributed by atoms with Gasteiger partial charge in [0.15, 0.2) is 0 Å². The molecule has 0 saturated heterocycles. The van der Waals surface area contributed by atoms with E-state index in [0.717, 1.165) is 6.42 Å². The largest absolute Gasteiger partial charge is 0.343 e. The van der Waals surface area contributed by atoms with Crippen LogP contribution in [0.2, 0.25) is 0 Å². The van der Waals surface area contributed by atoms with Gasteiger partial charge in [-0.3, -0.25) is 0 Å². The summed E-state index contributed by atoms with van der Waals surface area (Å²) in [6, 6.07) is 37.5. The molecule has 0 aliphatic carbocycles. The zero-order chi connectivity index (χ0) is 23.8. The normalized spacial score (nSPS) is 8.66. The van der Waals surface area contributed by atoms with Crippen LogP contribution in [-0.4, -0.2) is 0 Å². The summed E-state index contributed by atoms with van der Waals surface area (Å²) in [4.78, 5) is 0. The predicted octanol–water partition coefficient (Wildman–Crippen LogP) is 10.0. The number of unbranched alkanes of at least 4 members (excludes halogenated alkanes) is 9. The van der Waals surface area contributed by atoms with Crippen molar-refractivity contribution in [1.29, 1.82) is 0 Å². The van der Waals surface area contributed by atoms with Gasteiger partial charge < -0.3 is 6.92 Å². The van der Waals surface area contributed by atoms with Gasteiger partial charge in [0.25, 0.3) is 0 Å². The summed E-state index contributed by atoms with van der Waals surface area (Å²) >= 11 is 5.51. The number of halogens is 1. The van der Waals surface area contributed by atoms with E-state index in [1.54, 1.807) is 0 Å². The third kappa shape index (κ3) is 33.5. The zero-order valence-corrected chi connectivity index (χ0v) is 22.7. The van der Waals surface area contributed by atoms with E-state index in [9.17, 15) is 0 Å². The molecule has 2 heteroatoms. The molecule has 0 nitrogen and oxygen atoms in total. The Hall–Kier alpha value is -1.12. The summed E-state index contributed by atoms with van der Waals surface area (Å²) in [6.07, 6.45) is 13.9. The predicted molar refractivity (Wildman–Crippen MR) is 142 cm³/mol. The second-order valence-corrected chi connectivity index (χ2v) is 6.91. The van der Waals surface area contributed by atoms with Crippen LogP contribution in [0.5, 0.6) is 0 Å². The minimum absolute atomic E-state index is 1.12. The summed E-state index contributed by atoms with van der Waals surface area (Å²) in [7, 11) is 0. The third-order valence-electron chi connectivity index (χ3n) is 4.17. The van der Waals surface area contributed by atoms with Crippen molar-refractivity contribution >= 4 is 13.0 Å². The molecule has 3 aromatic carbocycles. The molecule has 0 spiro atoms. The molecule has 3 rings (SSSR count). The van der Waals surface area contributed by atoms with Gasteiger partial charge in [-0.15, -0.1) is 0 Å². The fourth-order valence-corrected chi connectivity index (χ4v) is 2.51. The molecule has 0 radical (unpaired) electrons. The van der Waals surface area contributed by atoms with Gasteiger partial charge >= 0.3 is 32.0 Å². The standard InChI is InChI=1S/C12H25.3C6H5.Ag.BrH/c1-3-5-7-9-11-12-10-8-6-4-2;3*1-2-4-6-5-3-1;;/h1,3-12H2,2H3;3*1-5H;;1H/q4*-1;+1;/p-1. The van der Waals surface area contributed by atoms with Crippen LogP contribution in [0.3, 0.4) is 0 Å². The molecular weight excluding hydrogens is 548 g/mol. The molecule has 0 aliphatic rings. The zero-order valence-electron chi connectivity index (χ0n) is 19.6. The first kappa shape index (κ1) is 33.1. The topological polar surface area (TPSA) is 0 Å². The van der Waals surface area contributed by atoms with Gasteiger partial charge in [0.05, 0.1) is 0 Å². The molecule has 182 valence electrons. The maximum Gasteiger partial charge on any atom is -0.0533 e. The van der Waals surface area contributed by atoms with Crippen LogP contribution >= 0.6 is 13.0 Å². The number of hydrogen-bond donors (Lipinski definition) is 0. The fraction of sp³-hybridized carbons (Fsp3) is 0.367. The van der Waals surface area contributed by atoms with E-state index in [4.69, 9.17) is 0 Å². The number of benzene rings is 3. The van der Waals surface area contributed by atoms with Gasteiger partial charge in [-0.1, -0.05) is 64.7 Å². The van der Waals surface area contributed by atoms with Crippen molar-refractivity contribution in [1.82, 2.24) is 0 Å². The summed E-state index contributed by atoms with van der Waals surface area (Å²) in [6.45, 7) is 6.12. The first-order valence-corrected chi connectivity index (χ1v) is 14.9. The Bertz CT molecular complexity index is 437. The Labute approximate surface area is 218 Å². The van der Waals surface area contributed by atoms with Crippen LogP contribution in [0.15, 0.2) is 91.0 Å². The fourth-order valence-electron chi connectivity index (χ4n) is 2.51. The number of hydrogen-bond acceptors (Lipinski definition) is 0. The average molecular weight is 588 g/mol. The van der Waals surface area contributed by atoms with Crippen LogP contribution in [0.25, 0.3) is 0 Å². The van der Waals surface area contributed by atoms with Gasteiger partial charge in [-0.05, 0) is 0 Å². The summed E-state index contributed by atoms with van der Waals surface area (Å²) in [5.74, 6) is 0. The molecule has 0 heterocycles. The van der Waals surface area contributed by atoms with E-state index in [-0.39, 0.29) is 0 Å². The maximum atomic E-state index is 3.84. The minimum atomic E-state index is 1.12. The van der Waals surface area contributed by atoms with Crippen LogP contribution < -0.4 is 0 Å². The Kier molecular flexibility index (Phi) is 35.6. The van der Waals surface area contributed by atoms with Crippen molar-refractivity contribution in [3.05, 3.63) is 116 Å². The average Bonchev–Trinajstić information content (AvgIpc) is 2.91. The minimum Gasteiger partial charge on any atom is -0.343 e. The first-order valence-electron chi connectivity index (χ1n) is 11.6. The molecule has 0 atom stereocenters. The molecule has 32 heavy (non-hydrogen) atoms. The summed E-state index contributed by atoms with van der Waals surface area (Å²) < 4.78 is 0. The van der Waals surface area contributed by atoms with Crippen LogP contribution in [0, 0.1) is 25.1 Å². The first-order chi connectivity index (χ1) is 15.9. The van der Waals surface area contributed by atoms with Crippen LogP contribution in [0.4, 0.5) is 0 Å². The Morgan fingerprint density at radius 3 is 0.969 bits per heavy atom. The summed E-state index contributed by atoms with van der Waals surface area (Å²) in [5, 5.41) is 0. The van der Waals surface area contributed by atoms with Gasteiger partial charge in [0, 0.05) is 0 Å². The Balaban J connectivity index is 0. The van der Waals surface area contributed by atoms with Gasteiger partial charge in [0.2, 0.25) is 0 Å². The van der Waals surface area contributed by atoms with Crippen LogP contribution in [0.1, 0.15) is 71.1 Å². The molecule has 0 N–H and O–H groups in total. The van der Waals surface area contributed by atoms with Crippen molar-refractivity contribution < 1.29 is 18.9 Å². The SMILES string of the molecule is [Br][Ag].[CH2-]CCCCCCCCCCC.[c-]1ccccc1.[c-]1ccccc1.[c-]1ccccc1. The number of rotatable bonds is 9. The third-order valence-corrected chi connectivity index (χ3v) is 4.17. The van der Waals surface area contributed by atoms with E-state index in [0.29, 0.717) is 0 Å². The van der Waals surface area contributed by atoms with Gasteiger partial charge in [-0.25, -0.2) is 0 Å². The molecule has 0 bridgehead atoms. The van der Waals surface area contributed by atoms with E-state index in [2.05, 4.69) is 64.0 Å². The molecule has 0 saturated carbocycles. The maximum absolute atomic E-state index is 3.84. The monoisotopic (exact) mass is 586 g/mol.